The second kappa shape index (κ2) is 8.03. The van der Waals surface area contributed by atoms with Crippen LogP contribution in [-0.4, -0.2) is 16.4 Å². The lowest BCUT2D eigenvalue weighted by molar-refractivity contribution is 1.14. The Morgan fingerprint density at radius 1 is 0.571 bits per heavy atom. The van der Waals surface area contributed by atoms with E-state index in [4.69, 9.17) is 4.98 Å². The number of benzene rings is 5. The molecule has 2 heterocycles. The molecule has 0 unspecified atom stereocenters. The number of hydrogen-bond donors (Lipinski definition) is 0. The number of para-hydroxylation sites is 3. The number of fused-ring (bicyclic) bond motifs is 5. The second-order valence-electron chi connectivity index (χ2n) is 8.88. The normalized spacial score (nSPS) is 12.5. The molecule has 0 aliphatic carbocycles. The summed E-state index contributed by atoms with van der Waals surface area (Å²) < 4.78 is 2.40. The van der Waals surface area contributed by atoms with Gasteiger partial charge in [0, 0.05) is 16.9 Å². The minimum absolute atomic E-state index is 0.0592. The quantitative estimate of drug-likeness (QED) is 0.279. The largest absolute Gasteiger partial charge is 0.421 e. The van der Waals surface area contributed by atoms with Gasteiger partial charge in [-0.2, -0.15) is 0 Å². The SMILES string of the molecule is c1ccc(B2N(c3ccccc3)c3ccc(-c4ccccc4)cc3-c3nc4ccccc4n32)cc1. The summed E-state index contributed by atoms with van der Waals surface area (Å²) in [7, 11) is 0. The summed E-state index contributed by atoms with van der Waals surface area (Å²) in [5, 5.41) is 0. The number of anilines is 2. The van der Waals surface area contributed by atoms with Crippen LogP contribution in [-0.2, 0) is 0 Å². The molecule has 1 aliphatic rings. The van der Waals surface area contributed by atoms with Gasteiger partial charge < -0.3 is 9.29 Å². The number of nitrogens with zero attached hydrogens (tertiary/aromatic N) is 3. The molecule has 0 fully saturated rings. The number of hydrogen-bond acceptors (Lipinski definition) is 2. The van der Waals surface area contributed by atoms with Gasteiger partial charge in [-0.1, -0.05) is 97.1 Å². The zero-order valence-electron chi connectivity index (χ0n) is 19.1. The lowest BCUT2D eigenvalue weighted by atomic mass is 9.62. The summed E-state index contributed by atoms with van der Waals surface area (Å²) in [6.45, 7) is -0.0592. The Labute approximate surface area is 205 Å². The van der Waals surface area contributed by atoms with E-state index < -0.39 is 0 Å². The van der Waals surface area contributed by atoms with Gasteiger partial charge in [0.1, 0.15) is 5.82 Å². The zero-order chi connectivity index (χ0) is 23.2. The van der Waals surface area contributed by atoms with Gasteiger partial charge in [-0.3, -0.25) is 0 Å². The molecular weight excluding hydrogens is 425 g/mol. The first-order valence-electron chi connectivity index (χ1n) is 11.9. The van der Waals surface area contributed by atoms with Crippen LogP contribution in [0.15, 0.2) is 133 Å². The third kappa shape index (κ3) is 3.18. The lowest BCUT2D eigenvalue weighted by Gasteiger charge is -2.38. The van der Waals surface area contributed by atoms with Gasteiger partial charge >= 0.3 is 6.98 Å². The van der Waals surface area contributed by atoms with Crippen molar-refractivity contribution in [3.05, 3.63) is 133 Å². The van der Waals surface area contributed by atoms with E-state index in [9.17, 15) is 0 Å². The van der Waals surface area contributed by atoms with E-state index in [1.807, 2.05) is 0 Å². The Hall–Kier alpha value is -4.57. The average Bonchev–Trinajstić information content (AvgIpc) is 3.33. The van der Waals surface area contributed by atoms with Gasteiger partial charge in [0.2, 0.25) is 0 Å². The molecule has 1 aromatic heterocycles. The fourth-order valence-corrected chi connectivity index (χ4v) is 5.26. The van der Waals surface area contributed by atoms with Crippen LogP contribution in [0.3, 0.4) is 0 Å². The van der Waals surface area contributed by atoms with E-state index in [0.717, 1.165) is 33.8 Å². The molecule has 7 rings (SSSR count). The fourth-order valence-electron chi connectivity index (χ4n) is 5.26. The maximum atomic E-state index is 5.17. The molecule has 5 aromatic carbocycles. The van der Waals surface area contributed by atoms with Crippen LogP contribution in [0, 0.1) is 0 Å². The number of imidazole rings is 1. The van der Waals surface area contributed by atoms with Crippen LogP contribution in [0.5, 0.6) is 0 Å². The highest BCUT2D eigenvalue weighted by atomic mass is 15.2. The first kappa shape index (κ1) is 19.9. The minimum Gasteiger partial charge on any atom is -0.361 e. The van der Waals surface area contributed by atoms with Gasteiger partial charge in [-0.25, -0.2) is 4.98 Å². The van der Waals surface area contributed by atoms with Gasteiger partial charge in [0.15, 0.2) is 0 Å². The molecule has 0 atom stereocenters. The fraction of sp³-hybridized carbons (Fsp3) is 0. The van der Waals surface area contributed by atoms with Crippen molar-refractivity contribution in [2.45, 2.75) is 0 Å². The summed E-state index contributed by atoms with van der Waals surface area (Å²) in [6.07, 6.45) is 0. The number of rotatable bonds is 3. The maximum absolute atomic E-state index is 5.17. The third-order valence-electron chi connectivity index (χ3n) is 6.82. The van der Waals surface area contributed by atoms with E-state index in [2.05, 4.69) is 143 Å². The van der Waals surface area contributed by atoms with Crippen molar-refractivity contribution in [1.29, 1.82) is 0 Å². The van der Waals surface area contributed by atoms with Crippen molar-refractivity contribution in [2.75, 3.05) is 4.81 Å². The van der Waals surface area contributed by atoms with Gasteiger partial charge in [-0.05, 0) is 53.0 Å². The zero-order valence-corrected chi connectivity index (χ0v) is 19.1. The molecule has 6 aromatic rings. The molecule has 3 nitrogen and oxygen atoms in total. The molecule has 4 heteroatoms. The van der Waals surface area contributed by atoms with Gasteiger partial charge in [-0.15, -0.1) is 0 Å². The maximum Gasteiger partial charge on any atom is 0.421 e. The molecule has 0 N–H and O–H groups in total. The highest BCUT2D eigenvalue weighted by Gasteiger charge is 2.39. The highest BCUT2D eigenvalue weighted by molar-refractivity contribution is 6.78. The molecule has 0 amide bonds. The summed E-state index contributed by atoms with van der Waals surface area (Å²) in [6, 6.07) is 47.2. The molecule has 0 spiro atoms. The first-order valence-corrected chi connectivity index (χ1v) is 11.9. The predicted octanol–water partition coefficient (Wildman–Crippen LogP) is 6.77. The summed E-state index contributed by atoms with van der Waals surface area (Å²) in [5.74, 6) is 1.00. The van der Waals surface area contributed by atoms with Gasteiger partial charge in [0.05, 0.1) is 11.0 Å². The van der Waals surface area contributed by atoms with Crippen molar-refractivity contribution in [1.82, 2.24) is 9.46 Å². The van der Waals surface area contributed by atoms with Gasteiger partial charge in [0.25, 0.3) is 0 Å². The monoisotopic (exact) mass is 447 g/mol. The summed E-state index contributed by atoms with van der Waals surface area (Å²) in [5.41, 5.74) is 9.20. The molecule has 1 aliphatic heterocycles. The summed E-state index contributed by atoms with van der Waals surface area (Å²) in [4.78, 5) is 7.61. The predicted molar refractivity (Wildman–Crippen MR) is 146 cm³/mol. The lowest BCUT2D eigenvalue weighted by Crippen LogP contribution is -2.54. The third-order valence-corrected chi connectivity index (χ3v) is 6.82. The molecular formula is C31H22BN3. The van der Waals surface area contributed by atoms with E-state index in [1.54, 1.807) is 0 Å². The number of aromatic nitrogens is 2. The Kier molecular flexibility index (Phi) is 4.56. The van der Waals surface area contributed by atoms with Crippen LogP contribution in [0.25, 0.3) is 33.5 Å². The molecule has 0 bridgehead atoms. The Balaban J connectivity index is 1.57. The highest BCUT2D eigenvalue weighted by Crippen LogP contribution is 2.43. The van der Waals surface area contributed by atoms with E-state index in [0.29, 0.717) is 0 Å². The first-order chi connectivity index (χ1) is 17.4. The minimum atomic E-state index is -0.0592. The van der Waals surface area contributed by atoms with Crippen LogP contribution < -0.4 is 10.3 Å². The van der Waals surface area contributed by atoms with Crippen LogP contribution >= 0.6 is 0 Å². The molecule has 0 saturated heterocycles. The Bertz CT molecular complexity index is 1640. The molecule has 164 valence electrons. The average molecular weight is 447 g/mol. The Morgan fingerprint density at radius 3 is 2.00 bits per heavy atom. The van der Waals surface area contributed by atoms with Crippen molar-refractivity contribution >= 4 is 34.9 Å². The van der Waals surface area contributed by atoms with Crippen molar-refractivity contribution in [2.24, 2.45) is 0 Å². The molecule has 0 saturated carbocycles. The van der Waals surface area contributed by atoms with Crippen molar-refractivity contribution in [3.63, 3.8) is 0 Å². The Morgan fingerprint density at radius 2 is 1.23 bits per heavy atom. The van der Waals surface area contributed by atoms with Crippen LogP contribution in [0.4, 0.5) is 11.4 Å². The standard InChI is InChI=1S/C31H22BN3/c1-4-12-23(13-5-1)24-20-21-29-27(22-24)31-33-28-18-10-11-19-30(28)35(31)32(25-14-6-2-7-15-25)34(29)26-16-8-3-9-17-26/h1-22H. The molecule has 0 radical (unpaired) electrons. The second-order valence-corrected chi connectivity index (χ2v) is 8.88. The van der Waals surface area contributed by atoms with Crippen molar-refractivity contribution < 1.29 is 0 Å². The summed E-state index contributed by atoms with van der Waals surface area (Å²) >= 11 is 0. The van der Waals surface area contributed by atoms with Crippen molar-refractivity contribution in [3.8, 4) is 22.5 Å². The van der Waals surface area contributed by atoms with E-state index in [1.165, 1.54) is 16.6 Å². The smallest absolute Gasteiger partial charge is 0.361 e. The topological polar surface area (TPSA) is 21.1 Å². The van der Waals surface area contributed by atoms with E-state index in [-0.39, 0.29) is 6.98 Å². The van der Waals surface area contributed by atoms with Crippen LogP contribution in [0.2, 0.25) is 0 Å². The molecule has 35 heavy (non-hydrogen) atoms. The van der Waals surface area contributed by atoms with E-state index >= 15 is 0 Å². The van der Waals surface area contributed by atoms with Crippen LogP contribution in [0.1, 0.15) is 0 Å².